The second-order valence-electron chi connectivity index (χ2n) is 4.83. The summed E-state index contributed by atoms with van der Waals surface area (Å²) in [6.45, 7) is 0. The van der Waals surface area contributed by atoms with Gasteiger partial charge in [0.25, 0.3) is 0 Å². The molecule has 1 heterocycles. The van der Waals surface area contributed by atoms with E-state index < -0.39 is 5.60 Å². The minimum Gasteiger partial charge on any atom is -0.385 e. The van der Waals surface area contributed by atoms with Crippen molar-refractivity contribution in [3.8, 4) is 0 Å². The van der Waals surface area contributed by atoms with Gasteiger partial charge in [-0.3, -0.25) is 0 Å². The van der Waals surface area contributed by atoms with Crippen molar-refractivity contribution in [2.75, 3.05) is 0 Å². The fourth-order valence-electron chi connectivity index (χ4n) is 2.56. The zero-order valence-electron chi connectivity index (χ0n) is 9.73. The Balaban J connectivity index is 1.94. The normalized spacial score (nSPS) is 24.3. The molecule has 0 fully saturated rings. The Kier molecular flexibility index (Phi) is 2.77. The monoisotopic (exact) mass is 244 g/mol. The van der Waals surface area contributed by atoms with E-state index in [0.717, 1.165) is 25.7 Å². The predicted molar refractivity (Wildman–Crippen MR) is 73.5 cm³/mol. The van der Waals surface area contributed by atoms with Crippen molar-refractivity contribution >= 4 is 21.4 Å². The first kappa shape index (κ1) is 11.0. The first-order valence-electron chi connectivity index (χ1n) is 6.12. The minimum absolute atomic E-state index is 0.623. The average molecular weight is 244 g/mol. The van der Waals surface area contributed by atoms with Crippen molar-refractivity contribution < 1.29 is 5.11 Å². The van der Waals surface area contributed by atoms with Crippen LogP contribution in [0.15, 0.2) is 41.8 Å². The van der Waals surface area contributed by atoms with Crippen LogP contribution >= 0.6 is 11.3 Å². The third-order valence-corrected chi connectivity index (χ3v) is 4.48. The molecule has 1 nitrogen and oxygen atoms in total. The molecular formula is C15H16OS. The van der Waals surface area contributed by atoms with Crippen LogP contribution in [0, 0.1) is 0 Å². The van der Waals surface area contributed by atoms with Gasteiger partial charge in [0.15, 0.2) is 0 Å². The minimum atomic E-state index is -0.623. The Morgan fingerprint density at radius 3 is 3.00 bits per heavy atom. The molecule has 1 aromatic carbocycles. The van der Waals surface area contributed by atoms with Crippen LogP contribution in [0.5, 0.6) is 0 Å². The molecule has 1 aliphatic carbocycles. The number of rotatable bonds is 2. The summed E-state index contributed by atoms with van der Waals surface area (Å²) in [6, 6.07) is 8.43. The van der Waals surface area contributed by atoms with Crippen molar-refractivity contribution in [3.63, 3.8) is 0 Å². The Labute approximate surface area is 105 Å². The quantitative estimate of drug-likeness (QED) is 0.794. The van der Waals surface area contributed by atoms with Crippen LogP contribution in [0.4, 0.5) is 0 Å². The summed E-state index contributed by atoms with van der Waals surface area (Å²) in [4.78, 5) is 0. The summed E-state index contributed by atoms with van der Waals surface area (Å²) in [6.07, 6.45) is 7.92. The van der Waals surface area contributed by atoms with Crippen LogP contribution in [0.2, 0.25) is 0 Å². The molecule has 0 radical (unpaired) electrons. The molecule has 1 aliphatic rings. The first-order valence-corrected chi connectivity index (χ1v) is 7.00. The van der Waals surface area contributed by atoms with Crippen LogP contribution < -0.4 is 0 Å². The molecule has 1 unspecified atom stereocenters. The van der Waals surface area contributed by atoms with Crippen molar-refractivity contribution in [3.05, 3.63) is 47.4 Å². The lowest BCUT2D eigenvalue weighted by molar-refractivity contribution is 0.0755. The Morgan fingerprint density at radius 1 is 1.29 bits per heavy atom. The molecule has 1 aromatic heterocycles. The molecule has 0 saturated carbocycles. The van der Waals surface area contributed by atoms with Crippen LogP contribution in [-0.4, -0.2) is 10.7 Å². The standard InChI is InChI=1S/C15H16OS/c16-15(8-4-1-5-9-15)10-12-11-17-14-7-3-2-6-13(12)14/h2-4,6-8,11,16H,1,5,9-10H2. The fraction of sp³-hybridized carbons (Fsp3) is 0.333. The van der Waals surface area contributed by atoms with Gasteiger partial charge in [-0.05, 0) is 41.7 Å². The molecular weight excluding hydrogens is 228 g/mol. The summed E-state index contributed by atoms with van der Waals surface area (Å²) >= 11 is 1.77. The third-order valence-electron chi connectivity index (χ3n) is 3.47. The highest BCUT2D eigenvalue weighted by molar-refractivity contribution is 7.17. The number of aliphatic hydroxyl groups is 1. The molecule has 2 aromatic rings. The molecule has 17 heavy (non-hydrogen) atoms. The number of allylic oxidation sites excluding steroid dienone is 1. The molecule has 0 amide bonds. The van der Waals surface area contributed by atoms with E-state index in [1.165, 1.54) is 15.6 Å². The molecule has 3 rings (SSSR count). The van der Waals surface area contributed by atoms with Crippen LogP contribution in [-0.2, 0) is 6.42 Å². The predicted octanol–water partition coefficient (Wildman–Crippen LogP) is 3.92. The Bertz CT molecular complexity index is 555. The second kappa shape index (κ2) is 4.28. The summed E-state index contributed by atoms with van der Waals surface area (Å²) in [7, 11) is 0. The maximum atomic E-state index is 10.5. The van der Waals surface area contributed by atoms with Gasteiger partial charge in [-0.2, -0.15) is 0 Å². The van der Waals surface area contributed by atoms with Crippen molar-refractivity contribution in [1.29, 1.82) is 0 Å². The van der Waals surface area contributed by atoms with Gasteiger partial charge in [0.05, 0.1) is 5.60 Å². The van der Waals surface area contributed by atoms with Crippen LogP contribution in [0.3, 0.4) is 0 Å². The topological polar surface area (TPSA) is 20.2 Å². The van der Waals surface area contributed by atoms with Gasteiger partial charge in [-0.25, -0.2) is 0 Å². The zero-order valence-corrected chi connectivity index (χ0v) is 10.5. The largest absolute Gasteiger partial charge is 0.385 e. The molecule has 2 heteroatoms. The van der Waals surface area contributed by atoms with E-state index in [0.29, 0.717) is 0 Å². The highest BCUT2D eigenvalue weighted by Crippen LogP contribution is 2.32. The summed E-state index contributed by atoms with van der Waals surface area (Å²) in [5.41, 5.74) is 0.655. The average Bonchev–Trinajstić information content (AvgIpc) is 2.73. The lowest BCUT2D eigenvalue weighted by Gasteiger charge is -2.27. The van der Waals surface area contributed by atoms with Gasteiger partial charge in [-0.15, -0.1) is 11.3 Å². The van der Waals surface area contributed by atoms with E-state index >= 15 is 0 Å². The lowest BCUT2D eigenvalue weighted by Crippen LogP contribution is -2.30. The van der Waals surface area contributed by atoms with Gasteiger partial charge in [0, 0.05) is 11.1 Å². The van der Waals surface area contributed by atoms with Crippen molar-refractivity contribution in [2.45, 2.75) is 31.3 Å². The summed E-state index contributed by atoms with van der Waals surface area (Å²) in [5.74, 6) is 0. The number of benzene rings is 1. The van der Waals surface area contributed by atoms with Crippen molar-refractivity contribution in [1.82, 2.24) is 0 Å². The van der Waals surface area contributed by atoms with Crippen LogP contribution in [0.25, 0.3) is 10.1 Å². The highest BCUT2D eigenvalue weighted by atomic mass is 32.1. The fourth-order valence-corrected chi connectivity index (χ4v) is 3.52. The molecule has 0 saturated heterocycles. The number of thiophene rings is 1. The summed E-state index contributed by atoms with van der Waals surface area (Å²) < 4.78 is 1.31. The third kappa shape index (κ3) is 2.15. The first-order chi connectivity index (χ1) is 8.27. The van der Waals surface area contributed by atoms with Gasteiger partial charge < -0.3 is 5.11 Å². The molecule has 1 atom stereocenters. The second-order valence-corrected chi connectivity index (χ2v) is 5.74. The Hall–Kier alpha value is -1.12. The van der Waals surface area contributed by atoms with Gasteiger partial charge in [-0.1, -0.05) is 30.4 Å². The highest BCUT2D eigenvalue weighted by Gasteiger charge is 2.26. The number of hydrogen-bond donors (Lipinski definition) is 1. The number of hydrogen-bond acceptors (Lipinski definition) is 2. The lowest BCUT2D eigenvalue weighted by atomic mass is 9.85. The van der Waals surface area contributed by atoms with E-state index in [4.69, 9.17) is 0 Å². The SMILES string of the molecule is OC1(Cc2csc3ccccc23)C=CCCC1. The van der Waals surface area contributed by atoms with E-state index in [1.807, 2.05) is 6.08 Å². The Morgan fingerprint density at radius 2 is 2.18 bits per heavy atom. The van der Waals surface area contributed by atoms with Gasteiger partial charge >= 0.3 is 0 Å². The molecule has 0 spiro atoms. The smallest absolute Gasteiger partial charge is 0.0868 e. The molecule has 0 bridgehead atoms. The van der Waals surface area contributed by atoms with Gasteiger partial charge in [0.2, 0.25) is 0 Å². The van der Waals surface area contributed by atoms with Crippen LogP contribution in [0.1, 0.15) is 24.8 Å². The maximum Gasteiger partial charge on any atom is 0.0868 e. The summed E-state index contributed by atoms with van der Waals surface area (Å²) in [5, 5.41) is 14.0. The molecule has 0 aliphatic heterocycles. The maximum absolute atomic E-state index is 10.5. The van der Waals surface area contributed by atoms with Crippen molar-refractivity contribution in [2.24, 2.45) is 0 Å². The van der Waals surface area contributed by atoms with E-state index in [-0.39, 0.29) is 0 Å². The molecule has 1 N–H and O–H groups in total. The van der Waals surface area contributed by atoms with Gasteiger partial charge in [0.1, 0.15) is 0 Å². The molecule has 88 valence electrons. The van der Waals surface area contributed by atoms with E-state index in [1.54, 1.807) is 11.3 Å². The number of fused-ring (bicyclic) bond motifs is 1. The van der Waals surface area contributed by atoms with E-state index in [9.17, 15) is 5.11 Å². The van der Waals surface area contributed by atoms with E-state index in [2.05, 4.69) is 35.7 Å². The zero-order chi connectivity index (χ0) is 11.7.